The van der Waals surface area contributed by atoms with Crippen LogP contribution in [0.3, 0.4) is 0 Å². The summed E-state index contributed by atoms with van der Waals surface area (Å²) < 4.78 is 9.43. The Bertz CT molecular complexity index is 497. The molecule has 0 bridgehead atoms. The van der Waals surface area contributed by atoms with Gasteiger partial charge in [0.2, 0.25) is 0 Å². The number of carbonyl (C=O) groups is 1. The average molecular weight is 347 g/mol. The summed E-state index contributed by atoms with van der Waals surface area (Å²) in [6, 6.07) is 0. The van der Waals surface area contributed by atoms with E-state index in [-0.39, 0.29) is 20.7 Å². The van der Waals surface area contributed by atoms with Crippen molar-refractivity contribution in [3.63, 3.8) is 0 Å². The molecule has 0 saturated carbocycles. The number of nitrogens with one attached hydrogen (secondary N) is 2. The fourth-order valence-corrected chi connectivity index (χ4v) is 3.06. The van der Waals surface area contributed by atoms with Crippen molar-refractivity contribution in [3.05, 3.63) is 15.3 Å². The lowest BCUT2D eigenvalue weighted by Crippen LogP contribution is -2.27. The Morgan fingerprint density at radius 1 is 1.53 bits per heavy atom. The molecule has 1 amide bonds. The Labute approximate surface area is 109 Å². The Hall–Kier alpha value is -1.18. The number of H-pyrrole nitrogens is 1. The number of hydrogen-bond acceptors (Lipinski definition) is 3. The first-order chi connectivity index (χ1) is 7.96. The van der Waals surface area contributed by atoms with Gasteiger partial charge in [0.25, 0.3) is 0 Å². The van der Waals surface area contributed by atoms with Crippen LogP contribution in [0.1, 0.15) is 32.0 Å². The van der Waals surface area contributed by atoms with Crippen LogP contribution in [0.15, 0.2) is 4.08 Å². The summed E-state index contributed by atoms with van der Waals surface area (Å²) in [5.41, 5.74) is 1.39. The third kappa shape index (κ3) is 3.15. The molecule has 0 atom stereocenters. The molecule has 92 valence electrons. The first kappa shape index (κ1) is 12.3. The molecule has 0 unspecified atom stereocenters. The summed E-state index contributed by atoms with van der Waals surface area (Å²) in [6.07, 6.45) is 1.52. The molecule has 1 aromatic heterocycles. The van der Waals surface area contributed by atoms with Gasteiger partial charge in [-0.05, 0) is 34.9 Å². The first-order valence-corrected chi connectivity index (χ1v) is 7.65. The number of fused-ring (bicyclic) bond motifs is 1. The van der Waals surface area contributed by atoms with E-state index in [1.54, 1.807) is 0 Å². The summed E-state index contributed by atoms with van der Waals surface area (Å²) in [5, 5.41) is 9.60. The molecule has 0 aliphatic carbocycles. The lowest BCUT2D eigenvalue weighted by Gasteiger charge is -2.19. The summed E-state index contributed by atoms with van der Waals surface area (Å²) in [7, 11) is 0. The van der Waals surface area contributed by atoms with Crippen molar-refractivity contribution >= 4 is 42.7 Å². The van der Waals surface area contributed by atoms with Gasteiger partial charge in [-0.25, -0.2) is 4.79 Å². The number of aromatic amines is 1. The van der Waals surface area contributed by atoms with Crippen LogP contribution >= 0.6 is 20.7 Å². The van der Waals surface area contributed by atoms with Crippen molar-refractivity contribution in [2.45, 2.75) is 26.4 Å². The van der Waals surface area contributed by atoms with Crippen molar-refractivity contribution in [1.29, 1.82) is 0 Å². The molecular weight excluding hydrogens is 333 g/mol. The highest BCUT2D eigenvalue weighted by molar-refractivity contribution is 14.2. The zero-order chi connectivity index (χ0) is 12.5. The average Bonchev–Trinajstić information content (AvgIpc) is 2.59. The van der Waals surface area contributed by atoms with E-state index in [2.05, 4.69) is 23.6 Å². The number of hydrogen-bond donors (Lipinski definition) is 2. The Balaban J connectivity index is 2.10. The van der Waals surface area contributed by atoms with Crippen LogP contribution < -0.4 is 5.32 Å². The van der Waals surface area contributed by atoms with Crippen LogP contribution in [-0.4, -0.2) is 25.9 Å². The number of anilines is 1. The van der Waals surface area contributed by atoms with Gasteiger partial charge in [0.05, 0.1) is 5.69 Å². The number of carbonyl (C=O) groups excluding carboxylic acids is 1. The van der Waals surface area contributed by atoms with Crippen LogP contribution in [0.2, 0.25) is 0 Å². The molecule has 0 aromatic carbocycles. The smallest absolute Gasteiger partial charge is 0.413 e. The molecule has 1 aliphatic rings. The molecule has 2 rings (SSSR count). The molecule has 1 aliphatic heterocycles. The van der Waals surface area contributed by atoms with Crippen molar-refractivity contribution < 1.29 is 9.53 Å². The maximum Gasteiger partial charge on any atom is 0.413 e. The van der Waals surface area contributed by atoms with E-state index in [0.29, 0.717) is 5.82 Å². The van der Waals surface area contributed by atoms with E-state index in [1.807, 2.05) is 26.8 Å². The lowest BCUT2D eigenvalue weighted by molar-refractivity contribution is 0.0635. The second-order valence-corrected chi connectivity index (χ2v) is 6.62. The standard InChI is InChI=1S/C11H14IN3O2/c1-11(2,3)17-10(16)13-9-7-6-12-5-4-8(7)14-15-9/h4-6H,1-3H3,(H2,13,14,15,16). The number of aromatic nitrogens is 2. The van der Waals surface area contributed by atoms with Crippen LogP contribution in [-0.2, 0) is 4.74 Å². The van der Waals surface area contributed by atoms with Crippen molar-refractivity contribution in [1.82, 2.24) is 10.2 Å². The van der Waals surface area contributed by atoms with Crippen LogP contribution in [0, 0.1) is 0 Å². The first-order valence-electron chi connectivity index (χ1n) is 5.16. The summed E-state index contributed by atoms with van der Waals surface area (Å²) in [4.78, 5) is 11.6. The molecular formula is C11H14IN3O2. The van der Waals surface area contributed by atoms with E-state index >= 15 is 0 Å². The fourth-order valence-electron chi connectivity index (χ4n) is 1.30. The number of ether oxygens (including phenoxy) is 1. The quantitative estimate of drug-likeness (QED) is 0.768. The van der Waals surface area contributed by atoms with Gasteiger partial charge in [0.15, 0.2) is 5.82 Å². The molecule has 0 radical (unpaired) electrons. The monoisotopic (exact) mass is 347 g/mol. The minimum Gasteiger partial charge on any atom is -0.444 e. The molecule has 0 saturated heterocycles. The predicted octanol–water partition coefficient (Wildman–Crippen LogP) is 2.86. The van der Waals surface area contributed by atoms with Gasteiger partial charge >= 0.3 is 6.09 Å². The molecule has 0 spiro atoms. The van der Waals surface area contributed by atoms with E-state index in [1.165, 1.54) is 0 Å². The molecule has 5 nitrogen and oxygen atoms in total. The Morgan fingerprint density at radius 2 is 2.29 bits per heavy atom. The predicted molar refractivity (Wildman–Crippen MR) is 76.7 cm³/mol. The van der Waals surface area contributed by atoms with Gasteiger partial charge in [-0.1, -0.05) is 20.7 Å². The highest BCUT2D eigenvalue weighted by Gasteiger charge is 2.19. The topological polar surface area (TPSA) is 67.0 Å². The minimum atomic E-state index is -0.503. The SMILES string of the molecule is CC(C)(C)OC(=O)Nc1n[nH]c2c1C=IC=C2. The normalized spacial score (nSPS) is 13.8. The summed E-state index contributed by atoms with van der Waals surface area (Å²) in [5.74, 6) is 0.540. The van der Waals surface area contributed by atoms with Gasteiger partial charge in [0, 0.05) is 5.56 Å². The minimum absolute atomic E-state index is 0.0761. The van der Waals surface area contributed by atoms with Crippen LogP contribution in [0.5, 0.6) is 0 Å². The molecule has 2 N–H and O–H groups in total. The zero-order valence-electron chi connectivity index (χ0n) is 9.87. The van der Waals surface area contributed by atoms with Gasteiger partial charge in [0.1, 0.15) is 5.60 Å². The Kier molecular flexibility index (Phi) is 3.32. The molecule has 17 heavy (non-hydrogen) atoms. The Morgan fingerprint density at radius 3 is 3.00 bits per heavy atom. The van der Waals surface area contributed by atoms with Crippen molar-refractivity contribution in [2.24, 2.45) is 0 Å². The summed E-state index contributed by atoms with van der Waals surface area (Å²) >= 11 is -0.0761. The lowest BCUT2D eigenvalue weighted by atomic mass is 10.2. The van der Waals surface area contributed by atoms with Crippen molar-refractivity contribution in [3.8, 4) is 0 Å². The maximum absolute atomic E-state index is 11.6. The second-order valence-electron chi connectivity index (χ2n) is 4.55. The highest BCUT2D eigenvalue weighted by Crippen LogP contribution is 2.23. The van der Waals surface area contributed by atoms with Gasteiger partial charge in [-0.2, -0.15) is 5.10 Å². The van der Waals surface area contributed by atoms with E-state index < -0.39 is 11.7 Å². The maximum atomic E-state index is 11.6. The molecule has 2 heterocycles. The van der Waals surface area contributed by atoms with Crippen LogP contribution in [0.4, 0.5) is 10.6 Å². The van der Waals surface area contributed by atoms with Crippen LogP contribution in [0.25, 0.3) is 6.08 Å². The summed E-state index contributed by atoms with van der Waals surface area (Å²) in [6.45, 7) is 5.48. The molecule has 1 aromatic rings. The fraction of sp³-hybridized carbons (Fsp3) is 0.364. The molecule has 0 fully saturated rings. The zero-order valence-corrected chi connectivity index (χ0v) is 12.0. The number of halogens is 1. The highest BCUT2D eigenvalue weighted by atomic mass is 127. The largest absolute Gasteiger partial charge is 0.444 e. The van der Waals surface area contributed by atoms with E-state index in [4.69, 9.17) is 4.74 Å². The van der Waals surface area contributed by atoms with Crippen molar-refractivity contribution in [2.75, 3.05) is 5.32 Å². The van der Waals surface area contributed by atoms with Gasteiger partial charge < -0.3 is 4.74 Å². The number of rotatable bonds is 1. The second kappa shape index (κ2) is 4.59. The van der Waals surface area contributed by atoms with E-state index in [9.17, 15) is 4.79 Å². The third-order valence-electron chi connectivity index (χ3n) is 1.93. The van der Waals surface area contributed by atoms with Gasteiger partial charge in [-0.15, -0.1) is 0 Å². The number of nitrogens with zero attached hydrogens (tertiary/aromatic N) is 1. The number of amides is 1. The van der Waals surface area contributed by atoms with E-state index in [0.717, 1.165) is 11.3 Å². The third-order valence-corrected chi connectivity index (χ3v) is 3.68. The molecule has 6 heteroatoms. The van der Waals surface area contributed by atoms with Gasteiger partial charge in [-0.3, -0.25) is 10.4 Å².